The van der Waals surface area contributed by atoms with Crippen molar-refractivity contribution >= 4 is 29.7 Å². The number of alkyl carbamates (subject to hydrolysis) is 1. The molecule has 3 N–H and O–H groups in total. The van der Waals surface area contributed by atoms with E-state index in [1.54, 1.807) is 30.3 Å². The summed E-state index contributed by atoms with van der Waals surface area (Å²) in [6, 6.07) is 11.2. The highest BCUT2D eigenvalue weighted by molar-refractivity contribution is 8.00. The maximum absolute atomic E-state index is 14.0. The highest BCUT2D eigenvalue weighted by atomic mass is 32.2. The summed E-state index contributed by atoms with van der Waals surface area (Å²) in [7, 11) is 0. The predicted molar refractivity (Wildman–Crippen MR) is 178 cm³/mol. The minimum Gasteiger partial charge on any atom is -0.490 e. The van der Waals surface area contributed by atoms with Crippen molar-refractivity contribution in [3.8, 4) is 5.75 Å². The van der Waals surface area contributed by atoms with Crippen LogP contribution in [0, 0.1) is 19.8 Å². The molecule has 3 amide bonds. The Hall–Kier alpha value is -3.58. The number of nitrogens with zero attached hydrogens (tertiary/aromatic N) is 1. The number of hydrogen-bond donors (Lipinski definition) is 3. The van der Waals surface area contributed by atoms with Gasteiger partial charge in [0.05, 0.1) is 31.1 Å². The Morgan fingerprint density at radius 2 is 1.87 bits per heavy atom. The van der Waals surface area contributed by atoms with Gasteiger partial charge in [0.1, 0.15) is 24.5 Å². The molecule has 5 rings (SSSR count). The summed E-state index contributed by atoms with van der Waals surface area (Å²) in [5, 5.41) is 17.4. The first-order chi connectivity index (χ1) is 22.5. The number of amides is 3. The number of carbonyl (C=O) groups excluding carboxylic acids is 3. The van der Waals surface area contributed by atoms with Crippen molar-refractivity contribution in [2.24, 2.45) is 5.92 Å². The number of aliphatic hydroxyl groups is 1. The van der Waals surface area contributed by atoms with Gasteiger partial charge in [-0.15, -0.1) is 11.8 Å². The Morgan fingerprint density at radius 1 is 1.15 bits per heavy atom. The highest BCUT2D eigenvalue weighted by Gasteiger charge is 2.50. The Labute approximate surface area is 280 Å². The number of thioether (sulfide) groups is 1. The van der Waals surface area contributed by atoms with Gasteiger partial charge < -0.3 is 39.6 Å². The molecule has 2 aromatic carbocycles. The van der Waals surface area contributed by atoms with Crippen LogP contribution in [0.1, 0.15) is 42.5 Å². The molecule has 0 radical (unpaired) electrons. The number of aliphatic hydroxyl groups excluding tert-OH is 1. The van der Waals surface area contributed by atoms with E-state index in [0.29, 0.717) is 31.9 Å². The van der Waals surface area contributed by atoms with Crippen molar-refractivity contribution in [3.63, 3.8) is 0 Å². The Balaban J connectivity index is 1.31. The smallest absolute Gasteiger partial charge is 0.407 e. The first kappa shape index (κ1) is 34.7. The molecule has 0 spiro atoms. The predicted octanol–water partition coefficient (Wildman–Crippen LogP) is 3.62. The second kappa shape index (κ2) is 15.1. The number of carbonyl (C=O) groups is 3. The van der Waals surface area contributed by atoms with E-state index in [2.05, 4.69) is 17.2 Å². The van der Waals surface area contributed by atoms with Gasteiger partial charge in [0, 0.05) is 11.3 Å². The van der Waals surface area contributed by atoms with Gasteiger partial charge in [-0.1, -0.05) is 43.0 Å². The van der Waals surface area contributed by atoms with Crippen molar-refractivity contribution in [1.29, 1.82) is 0 Å². The normalized spacial score (nSPS) is 24.2. The summed E-state index contributed by atoms with van der Waals surface area (Å²) in [6.45, 7) is 12.9. The number of nitrogens with one attached hydrogen (secondary N) is 2. The van der Waals surface area contributed by atoms with Crippen LogP contribution >= 0.6 is 11.8 Å². The minimum atomic E-state index is -1.66. The SMILES string of the molecule is C=CCOc1ccc(C[C@H](NC(=O)O[C@H]2CO[C@H]3OCC[C@H]32)[C@H](O)C(=O)N2CSC(C)(C)[C@H]2C(=O)NCc2c(C)cccc2C)cc1. The van der Waals surface area contributed by atoms with Gasteiger partial charge in [-0.3, -0.25) is 9.59 Å². The summed E-state index contributed by atoms with van der Waals surface area (Å²) in [5.74, 6) is -0.189. The molecule has 0 unspecified atom stereocenters. The van der Waals surface area contributed by atoms with Gasteiger partial charge in [0.25, 0.3) is 5.91 Å². The molecule has 0 bridgehead atoms. The maximum Gasteiger partial charge on any atom is 0.407 e. The van der Waals surface area contributed by atoms with Crippen LogP contribution in [0.4, 0.5) is 4.79 Å². The molecular formula is C35H45N3O8S. The van der Waals surface area contributed by atoms with Gasteiger partial charge in [-0.25, -0.2) is 4.79 Å². The molecule has 3 aliphatic rings. The third-order valence-electron chi connectivity index (χ3n) is 9.09. The second-order valence-electron chi connectivity index (χ2n) is 12.8. The Bertz CT molecular complexity index is 1430. The van der Waals surface area contributed by atoms with Gasteiger partial charge in [0.15, 0.2) is 12.4 Å². The molecule has 3 fully saturated rings. The molecule has 11 nitrogen and oxygen atoms in total. The van der Waals surface area contributed by atoms with Crippen LogP contribution in [-0.4, -0.2) is 88.9 Å². The zero-order chi connectivity index (χ0) is 33.7. The number of aryl methyl sites for hydroxylation is 2. The Morgan fingerprint density at radius 3 is 2.57 bits per heavy atom. The van der Waals surface area contributed by atoms with Crippen molar-refractivity contribution < 1.29 is 38.4 Å². The molecule has 3 saturated heterocycles. The fourth-order valence-electron chi connectivity index (χ4n) is 6.40. The first-order valence-electron chi connectivity index (χ1n) is 16.0. The lowest BCUT2D eigenvalue weighted by Gasteiger charge is -2.33. The van der Waals surface area contributed by atoms with Crippen LogP contribution < -0.4 is 15.4 Å². The Kier molecular flexibility index (Phi) is 11.2. The third-order valence-corrected chi connectivity index (χ3v) is 10.5. The number of fused-ring (bicyclic) bond motifs is 1. The first-order valence-corrected chi connectivity index (χ1v) is 17.0. The zero-order valence-electron chi connectivity index (χ0n) is 27.4. The van der Waals surface area contributed by atoms with Crippen LogP contribution in [0.25, 0.3) is 0 Å². The average molecular weight is 668 g/mol. The summed E-state index contributed by atoms with van der Waals surface area (Å²) in [6.07, 6.45) is -0.856. The topological polar surface area (TPSA) is 136 Å². The molecule has 47 heavy (non-hydrogen) atoms. The van der Waals surface area contributed by atoms with Gasteiger partial charge in [-0.05, 0) is 74.9 Å². The lowest BCUT2D eigenvalue weighted by atomic mass is 9.97. The largest absolute Gasteiger partial charge is 0.490 e. The van der Waals surface area contributed by atoms with Gasteiger partial charge >= 0.3 is 6.09 Å². The number of benzene rings is 2. The molecule has 6 atom stereocenters. The molecule has 3 aliphatic heterocycles. The highest BCUT2D eigenvalue weighted by Crippen LogP contribution is 2.40. The lowest BCUT2D eigenvalue weighted by Crippen LogP contribution is -2.58. The van der Waals surface area contributed by atoms with E-state index >= 15 is 0 Å². The monoisotopic (exact) mass is 667 g/mol. The average Bonchev–Trinajstić information content (AvgIpc) is 3.74. The molecule has 3 heterocycles. The number of hydrogen-bond acceptors (Lipinski definition) is 9. The maximum atomic E-state index is 14.0. The van der Waals surface area contributed by atoms with Crippen LogP contribution in [-0.2, 0) is 36.8 Å². The summed E-state index contributed by atoms with van der Waals surface area (Å²) >= 11 is 1.46. The molecular weight excluding hydrogens is 622 g/mol. The lowest BCUT2D eigenvalue weighted by molar-refractivity contribution is -0.147. The van der Waals surface area contributed by atoms with Crippen molar-refractivity contribution in [1.82, 2.24) is 15.5 Å². The van der Waals surface area contributed by atoms with Crippen molar-refractivity contribution in [2.45, 2.75) is 82.4 Å². The number of rotatable bonds is 12. The standard InChI is InChI=1S/C35H45N3O8S/c1-6-15-43-24-12-10-23(11-13-24)17-27(37-34(42)46-28-19-45-33-25(28)14-16-44-33)29(39)32(41)38-20-47-35(4,5)30(38)31(40)36-18-26-21(2)8-7-9-22(26)3/h6-13,25,27-30,33,39H,1,14-20H2,2-5H3,(H,36,40)(H,37,42)/t25-,27-,28-,29-,30+,33+/m0/s1. The van der Waals surface area contributed by atoms with Crippen LogP contribution in [0.3, 0.4) is 0 Å². The van der Waals surface area contributed by atoms with E-state index in [4.69, 9.17) is 18.9 Å². The van der Waals surface area contributed by atoms with Gasteiger partial charge in [0.2, 0.25) is 5.91 Å². The van der Waals surface area contributed by atoms with Crippen LogP contribution in [0.2, 0.25) is 0 Å². The van der Waals surface area contributed by atoms with Gasteiger partial charge in [-0.2, -0.15) is 0 Å². The molecule has 0 saturated carbocycles. The number of ether oxygens (including phenoxy) is 4. The summed E-state index contributed by atoms with van der Waals surface area (Å²) < 4.78 is 21.8. The zero-order valence-corrected chi connectivity index (χ0v) is 28.2. The molecule has 0 aliphatic carbocycles. The van der Waals surface area contributed by atoms with E-state index in [1.165, 1.54) is 16.7 Å². The third kappa shape index (κ3) is 8.11. The van der Waals surface area contributed by atoms with E-state index in [9.17, 15) is 19.5 Å². The summed E-state index contributed by atoms with van der Waals surface area (Å²) in [5.41, 5.74) is 3.90. The van der Waals surface area contributed by atoms with E-state index in [1.807, 2.05) is 45.9 Å². The van der Waals surface area contributed by atoms with E-state index in [0.717, 1.165) is 22.3 Å². The quantitative estimate of drug-likeness (QED) is 0.290. The summed E-state index contributed by atoms with van der Waals surface area (Å²) in [4.78, 5) is 42.3. The van der Waals surface area contributed by atoms with E-state index < -0.39 is 47.3 Å². The fraction of sp³-hybridized carbons (Fsp3) is 0.514. The minimum absolute atomic E-state index is 0.0690. The van der Waals surface area contributed by atoms with Crippen molar-refractivity contribution in [3.05, 3.63) is 77.4 Å². The van der Waals surface area contributed by atoms with Crippen molar-refractivity contribution in [2.75, 3.05) is 25.7 Å². The molecule has 2 aromatic rings. The van der Waals surface area contributed by atoms with Crippen LogP contribution in [0.5, 0.6) is 5.75 Å². The molecule has 12 heteroatoms. The van der Waals surface area contributed by atoms with E-state index in [-0.39, 0.29) is 30.7 Å². The second-order valence-corrected chi connectivity index (χ2v) is 14.4. The molecule has 0 aromatic heterocycles. The fourth-order valence-corrected chi connectivity index (χ4v) is 7.54. The van der Waals surface area contributed by atoms with Crippen LogP contribution in [0.15, 0.2) is 55.1 Å². The molecule has 254 valence electrons.